The smallest absolute Gasteiger partial charge is 0.243 e. The van der Waals surface area contributed by atoms with E-state index in [9.17, 15) is 17.9 Å². The molecule has 5 rings (SSSR count). The minimum atomic E-state index is -3.94. The van der Waals surface area contributed by atoms with Gasteiger partial charge in [-0.15, -0.1) is 0 Å². The van der Waals surface area contributed by atoms with Crippen molar-refractivity contribution >= 4 is 15.7 Å². The van der Waals surface area contributed by atoms with Gasteiger partial charge in [-0.2, -0.15) is 9.57 Å². The van der Waals surface area contributed by atoms with Crippen LogP contribution in [0.4, 0.5) is 10.1 Å². The van der Waals surface area contributed by atoms with Crippen LogP contribution >= 0.6 is 0 Å². The summed E-state index contributed by atoms with van der Waals surface area (Å²) in [5, 5.41) is 22.4. The van der Waals surface area contributed by atoms with E-state index in [1.807, 2.05) is 30.3 Å². The highest BCUT2D eigenvalue weighted by atomic mass is 32.2. The van der Waals surface area contributed by atoms with E-state index in [4.69, 9.17) is 5.26 Å². The first kappa shape index (κ1) is 21.6. The van der Waals surface area contributed by atoms with Crippen molar-refractivity contribution < 1.29 is 17.9 Å². The number of hydrogen-bond acceptors (Lipinski definition) is 5. The third-order valence-corrected chi connectivity index (χ3v) is 8.45. The van der Waals surface area contributed by atoms with Gasteiger partial charge < -0.3 is 10.4 Å². The van der Waals surface area contributed by atoms with Crippen LogP contribution in [0.5, 0.6) is 0 Å². The molecule has 0 bridgehead atoms. The topological polar surface area (TPSA) is 93.4 Å². The molecule has 1 saturated heterocycles. The lowest BCUT2D eigenvalue weighted by Crippen LogP contribution is -2.42. The zero-order valence-electron chi connectivity index (χ0n) is 17.6. The minimum absolute atomic E-state index is 0.0768. The maximum Gasteiger partial charge on any atom is 0.243 e. The van der Waals surface area contributed by atoms with Crippen molar-refractivity contribution in [3.8, 4) is 17.2 Å². The Morgan fingerprint density at radius 2 is 1.85 bits per heavy atom. The molecule has 1 fully saturated rings. The summed E-state index contributed by atoms with van der Waals surface area (Å²) in [6.45, 7) is 0.165. The van der Waals surface area contributed by atoms with E-state index in [0.29, 0.717) is 12.0 Å². The minimum Gasteiger partial charge on any atom is -0.394 e. The van der Waals surface area contributed by atoms with E-state index in [2.05, 4.69) is 11.4 Å². The largest absolute Gasteiger partial charge is 0.394 e. The molecule has 0 amide bonds. The van der Waals surface area contributed by atoms with Crippen molar-refractivity contribution in [2.75, 3.05) is 18.5 Å². The number of halogens is 1. The Labute approximate surface area is 192 Å². The number of sulfonamides is 1. The van der Waals surface area contributed by atoms with Gasteiger partial charge in [0.05, 0.1) is 35.2 Å². The molecular weight excluding hydrogens is 441 g/mol. The number of rotatable bonds is 4. The van der Waals surface area contributed by atoms with Crippen molar-refractivity contribution in [1.82, 2.24) is 4.31 Å². The van der Waals surface area contributed by atoms with Crippen molar-refractivity contribution in [2.24, 2.45) is 5.92 Å². The highest BCUT2D eigenvalue weighted by Gasteiger charge is 2.48. The Balaban J connectivity index is 1.60. The zero-order chi connectivity index (χ0) is 23.2. The molecule has 33 heavy (non-hydrogen) atoms. The molecular formula is C25H22FN3O3S. The van der Waals surface area contributed by atoms with Crippen LogP contribution in [0.2, 0.25) is 0 Å². The monoisotopic (exact) mass is 463 g/mol. The fraction of sp³-hybridized carbons (Fsp3) is 0.240. The Morgan fingerprint density at radius 1 is 1.09 bits per heavy atom. The molecule has 3 aromatic rings. The summed E-state index contributed by atoms with van der Waals surface area (Å²) in [7, 11) is -3.94. The molecule has 0 unspecified atom stereocenters. The highest BCUT2D eigenvalue weighted by molar-refractivity contribution is 7.89. The van der Waals surface area contributed by atoms with Crippen LogP contribution in [0.15, 0.2) is 71.6 Å². The first-order valence-corrected chi connectivity index (χ1v) is 12.2. The van der Waals surface area contributed by atoms with E-state index >= 15 is 0 Å². The van der Waals surface area contributed by atoms with Gasteiger partial charge in [0, 0.05) is 18.2 Å². The summed E-state index contributed by atoms with van der Waals surface area (Å²) in [4.78, 5) is -0.0768. The van der Waals surface area contributed by atoms with Crippen LogP contribution in [0, 0.1) is 23.1 Å². The molecule has 168 valence electrons. The number of nitrogens with zero attached hydrogens (tertiary/aromatic N) is 2. The van der Waals surface area contributed by atoms with Gasteiger partial charge in [-0.1, -0.05) is 24.3 Å². The normalized spacial score (nSPS) is 22.2. The molecule has 3 atom stereocenters. The van der Waals surface area contributed by atoms with E-state index in [1.54, 1.807) is 12.1 Å². The number of anilines is 1. The Hall–Kier alpha value is -3.25. The second kappa shape index (κ2) is 8.27. The van der Waals surface area contributed by atoms with E-state index in [-0.39, 0.29) is 30.0 Å². The van der Waals surface area contributed by atoms with Gasteiger partial charge in [-0.05, 0) is 65.6 Å². The number of aliphatic hydroxyl groups is 1. The first-order valence-electron chi connectivity index (χ1n) is 10.7. The van der Waals surface area contributed by atoms with Crippen molar-refractivity contribution in [3.05, 3.63) is 83.7 Å². The van der Waals surface area contributed by atoms with Gasteiger partial charge in [0.25, 0.3) is 0 Å². The quantitative estimate of drug-likeness (QED) is 0.612. The van der Waals surface area contributed by atoms with Crippen LogP contribution in [0.3, 0.4) is 0 Å². The molecule has 3 aromatic carbocycles. The Morgan fingerprint density at radius 3 is 2.55 bits per heavy atom. The Kier molecular flexibility index (Phi) is 5.41. The third-order valence-electron chi connectivity index (χ3n) is 6.57. The second-order valence-electron chi connectivity index (χ2n) is 8.40. The molecule has 0 saturated carbocycles. The van der Waals surface area contributed by atoms with Crippen molar-refractivity contribution in [3.63, 3.8) is 0 Å². The van der Waals surface area contributed by atoms with Crippen molar-refractivity contribution in [2.45, 2.75) is 23.4 Å². The number of benzene rings is 3. The molecule has 0 spiro atoms. The van der Waals surface area contributed by atoms with Crippen LogP contribution in [-0.2, 0) is 10.0 Å². The molecule has 2 N–H and O–H groups in total. The lowest BCUT2D eigenvalue weighted by atomic mass is 9.82. The summed E-state index contributed by atoms with van der Waals surface area (Å²) in [5.74, 6) is -0.726. The molecule has 2 aliphatic heterocycles. The molecule has 6 nitrogen and oxygen atoms in total. The maximum atomic E-state index is 13.8. The van der Waals surface area contributed by atoms with Crippen LogP contribution < -0.4 is 5.32 Å². The molecule has 0 aliphatic carbocycles. The maximum absolute atomic E-state index is 13.8. The van der Waals surface area contributed by atoms with Gasteiger partial charge in [-0.3, -0.25) is 0 Å². The lowest BCUT2D eigenvalue weighted by Gasteiger charge is -2.39. The highest BCUT2D eigenvalue weighted by Crippen LogP contribution is 2.49. The van der Waals surface area contributed by atoms with Crippen LogP contribution in [-0.4, -0.2) is 37.0 Å². The summed E-state index contributed by atoms with van der Waals surface area (Å²) in [5.41, 5.74) is 3.97. The molecule has 8 heteroatoms. The Bertz CT molecular complexity index is 1350. The number of hydrogen-bond donors (Lipinski definition) is 2. The fourth-order valence-electron chi connectivity index (χ4n) is 4.97. The molecule has 2 aliphatic rings. The number of aliphatic hydroxyl groups excluding tert-OH is 1. The van der Waals surface area contributed by atoms with Crippen LogP contribution in [0.1, 0.15) is 23.6 Å². The van der Waals surface area contributed by atoms with Gasteiger partial charge in [0.1, 0.15) is 5.82 Å². The van der Waals surface area contributed by atoms with E-state index < -0.39 is 21.9 Å². The molecule has 0 aromatic heterocycles. The van der Waals surface area contributed by atoms with E-state index in [0.717, 1.165) is 28.4 Å². The molecule has 2 heterocycles. The third kappa shape index (κ3) is 3.68. The summed E-state index contributed by atoms with van der Waals surface area (Å²) in [6.07, 6.45) is 0.581. The summed E-state index contributed by atoms with van der Waals surface area (Å²) in [6, 6.07) is 19.4. The number of nitriles is 1. The summed E-state index contributed by atoms with van der Waals surface area (Å²) < 4.78 is 42.3. The average molecular weight is 464 g/mol. The standard InChI is InChI=1S/C25H22FN3O3S/c26-19-2-1-3-20(13-19)33(31,32)29-11-10-21-24(15-30)28-23-9-8-18(12-22(23)25(21)29)17-6-4-16(14-27)5-7-17/h1-9,12-13,21,24-25,28,30H,10-11,15H2/t21-,24+,25-/m0/s1. The van der Waals surface area contributed by atoms with Gasteiger partial charge in [0.2, 0.25) is 10.0 Å². The van der Waals surface area contributed by atoms with Crippen molar-refractivity contribution in [1.29, 1.82) is 5.26 Å². The zero-order valence-corrected chi connectivity index (χ0v) is 18.5. The first-order chi connectivity index (χ1) is 15.9. The number of fused-ring (bicyclic) bond motifs is 3. The van der Waals surface area contributed by atoms with Gasteiger partial charge in [0.15, 0.2) is 0 Å². The number of nitrogens with one attached hydrogen (secondary N) is 1. The predicted molar refractivity (Wildman–Crippen MR) is 122 cm³/mol. The fourth-order valence-corrected chi connectivity index (χ4v) is 6.67. The average Bonchev–Trinajstić information content (AvgIpc) is 3.30. The predicted octanol–water partition coefficient (Wildman–Crippen LogP) is 3.90. The van der Waals surface area contributed by atoms with Gasteiger partial charge >= 0.3 is 0 Å². The second-order valence-corrected chi connectivity index (χ2v) is 10.3. The SMILES string of the molecule is N#Cc1ccc(-c2ccc3c(c2)[C@@H]2[C@@H](CCN2S(=O)(=O)c2cccc(F)c2)[C@@H](CO)N3)cc1. The lowest BCUT2D eigenvalue weighted by molar-refractivity contribution is 0.210. The van der Waals surface area contributed by atoms with Gasteiger partial charge in [-0.25, -0.2) is 12.8 Å². The molecule has 0 radical (unpaired) electrons. The summed E-state index contributed by atoms with van der Waals surface area (Å²) >= 11 is 0. The van der Waals surface area contributed by atoms with E-state index in [1.165, 1.54) is 22.5 Å². The van der Waals surface area contributed by atoms with Crippen LogP contribution in [0.25, 0.3) is 11.1 Å².